The molecule has 0 aliphatic heterocycles. The van der Waals surface area contributed by atoms with E-state index < -0.39 is 17.5 Å². The van der Waals surface area contributed by atoms with E-state index in [1.807, 2.05) is 26.8 Å². The number of carboxylic acid groups (broad SMARTS) is 1. The van der Waals surface area contributed by atoms with E-state index in [9.17, 15) is 14.7 Å². The van der Waals surface area contributed by atoms with Crippen LogP contribution in [-0.2, 0) is 16.0 Å². The number of aliphatic hydroxyl groups is 1. The summed E-state index contributed by atoms with van der Waals surface area (Å²) in [4.78, 5) is 31.8. The Morgan fingerprint density at radius 2 is 1.77 bits per heavy atom. The van der Waals surface area contributed by atoms with Crippen molar-refractivity contribution in [2.75, 3.05) is 6.54 Å². The van der Waals surface area contributed by atoms with Crippen LogP contribution in [0.2, 0.25) is 0 Å². The fourth-order valence-corrected chi connectivity index (χ4v) is 2.50. The van der Waals surface area contributed by atoms with Gasteiger partial charge in [-0.05, 0) is 40.7 Å². The van der Waals surface area contributed by atoms with Crippen molar-refractivity contribution in [3.8, 4) is 5.95 Å². The van der Waals surface area contributed by atoms with Crippen molar-refractivity contribution in [1.82, 2.24) is 25.1 Å². The summed E-state index contributed by atoms with van der Waals surface area (Å²) in [6, 6.07) is 1.86. The maximum absolute atomic E-state index is 12.2. The first-order valence-electron chi connectivity index (χ1n) is 8.11. The number of nitrogens with zero attached hydrogens (tertiary/aromatic N) is 4. The van der Waals surface area contributed by atoms with Gasteiger partial charge in [0.1, 0.15) is 0 Å². The molecule has 26 heavy (non-hydrogen) atoms. The van der Waals surface area contributed by atoms with Gasteiger partial charge in [0, 0.05) is 22.6 Å². The lowest BCUT2D eigenvalue weighted by molar-refractivity contribution is -0.156. The molecule has 0 saturated carbocycles. The molecule has 0 saturated heterocycles. The molecule has 2 rings (SSSR count). The Hall–Kier alpha value is -2.81. The molecule has 0 fully saturated rings. The minimum Gasteiger partial charge on any atom is -0.479 e. The molecule has 0 aliphatic carbocycles. The number of carboxylic acids is 1. The predicted molar refractivity (Wildman–Crippen MR) is 93.1 cm³/mol. The molecule has 1 amide bonds. The third-order valence-corrected chi connectivity index (χ3v) is 4.03. The Kier molecular flexibility index (Phi) is 5.41. The molecule has 0 spiro atoms. The number of nitrogens with one attached hydrogen (secondary N) is 1. The van der Waals surface area contributed by atoms with Crippen LogP contribution < -0.4 is 5.32 Å². The maximum Gasteiger partial charge on any atom is 0.337 e. The Morgan fingerprint density at radius 1 is 1.19 bits per heavy atom. The van der Waals surface area contributed by atoms with Crippen molar-refractivity contribution in [3.05, 3.63) is 34.4 Å². The number of aryl methyl sites for hydroxylation is 3. The largest absolute Gasteiger partial charge is 0.479 e. The van der Waals surface area contributed by atoms with Crippen molar-refractivity contribution in [2.45, 2.75) is 46.6 Å². The second kappa shape index (κ2) is 7.20. The fraction of sp³-hybridized carbons (Fsp3) is 0.471. The standard InChI is InChI=1S/C17H23N5O4/c1-9-6-10(2)20-16(19-9)22-12(4)13(11(3)21-22)7-14(23)18-8-17(5,26)15(24)25/h6,26H,7-8H2,1-5H3,(H,18,23)(H,24,25). The first-order valence-corrected chi connectivity index (χ1v) is 8.11. The van der Waals surface area contributed by atoms with E-state index in [-0.39, 0.29) is 13.0 Å². The third-order valence-electron chi connectivity index (χ3n) is 4.03. The molecule has 1 unspecified atom stereocenters. The zero-order valence-electron chi connectivity index (χ0n) is 15.5. The van der Waals surface area contributed by atoms with Gasteiger partial charge < -0.3 is 15.5 Å². The Labute approximate surface area is 151 Å². The molecule has 140 valence electrons. The molecule has 0 aliphatic rings. The maximum atomic E-state index is 12.2. The van der Waals surface area contributed by atoms with Crippen molar-refractivity contribution in [2.24, 2.45) is 0 Å². The van der Waals surface area contributed by atoms with Gasteiger partial charge in [0.2, 0.25) is 5.91 Å². The van der Waals surface area contributed by atoms with E-state index in [2.05, 4.69) is 20.4 Å². The number of carbonyl (C=O) groups excluding carboxylic acids is 1. The van der Waals surface area contributed by atoms with E-state index in [1.54, 1.807) is 11.6 Å². The molecule has 9 heteroatoms. The number of rotatable bonds is 6. The number of amides is 1. The van der Waals surface area contributed by atoms with E-state index >= 15 is 0 Å². The molecule has 9 nitrogen and oxygen atoms in total. The Bertz CT molecular complexity index is 837. The van der Waals surface area contributed by atoms with Crippen LogP contribution in [0.15, 0.2) is 6.07 Å². The summed E-state index contributed by atoms with van der Waals surface area (Å²) in [5.74, 6) is -1.37. The quantitative estimate of drug-likeness (QED) is 0.678. The molecular weight excluding hydrogens is 338 g/mol. The molecule has 0 radical (unpaired) electrons. The van der Waals surface area contributed by atoms with Gasteiger partial charge >= 0.3 is 5.97 Å². The molecule has 2 aromatic heterocycles. The van der Waals surface area contributed by atoms with Crippen LogP contribution in [0.3, 0.4) is 0 Å². The first kappa shape index (κ1) is 19.5. The molecular formula is C17H23N5O4. The average molecular weight is 361 g/mol. The Morgan fingerprint density at radius 3 is 2.31 bits per heavy atom. The Balaban J connectivity index is 2.20. The summed E-state index contributed by atoms with van der Waals surface area (Å²) in [6.45, 7) is 8.08. The zero-order chi connectivity index (χ0) is 19.6. The lowest BCUT2D eigenvalue weighted by Crippen LogP contribution is -2.46. The van der Waals surface area contributed by atoms with E-state index in [0.717, 1.165) is 24.0 Å². The van der Waals surface area contributed by atoms with Crippen LogP contribution in [0.5, 0.6) is 0 Å². The molecule has 0 aromatic carbocycles. The zero-order valence-corrected chi connectivity index (χ0v) is 15.5. The number of hydrogen-bond donors (Lipinski definition) is 3. The van der Waals surface area contributed by atoms with Crippen molar-refractivity contribution < 1.29 is 19.8 Å². The SMILES string of the molecule is Cc1cc(C)nc(-n2nc(C)c(CC(=O)NCC(C)(O)C(=O)O)c2C)n1. The molecule has 3 N–H and O–H groups in total. The summed E-state index contributed by atoms with van der Waals surface area (Å²) < 4.78 is 1.59. The predicted octanol–water partition coefficient (Wildman–Crippen LogP) is 0.390. The van der Waals surface area contributed by atoms with Gasteiger partial charge in [-0.3, -0.25) is 4.79 Å². The topological polar surface area (TPSA) is 130 Å². The second-order valence-corrected chi connectivity index (χ2v) is 6.54. The van der Waals surface area contributed by atoms with Crippen molar-refractivity contribution in [1.29, 1.82) is 0 Å². The van der Waals surface area contributed by atoms with Crippen LogP contribution in [0.4, 0.5) is 0 Å². The highest BCUT2D eigenvalue weighted by molar-refractivity contribution is 5.81. The number of aliphatic carboxylic acids is 1. The number of carbonyl (C=O) groups is 2. The lowest BCUT2D eigenvalue weighted by Gasteiger charge is -2.18. The van der Waals surface area contributed by atoms with Gasteiger partial charge in [-0.1, -0.05) is 0 Å². The minimum absolute atomic E-state index is 0.0121. The first-order chi connectivity index (χ1) is 12.0. The summed E-state index contributed by atoms with van der Waals surface area (Å²) in [5, 5.41) is 25.4. The van der Waals surface area contributed by atoms with Crippen molar-refractivity contribution in [3.63, 3.8) is 0 Å². The third kappa shape index (κ3) is 4.23. The van der Waals surface area contributed by atoms with Crippen LogP contribution in [0, 0.1) is 27.7 Å². The normalized spacial score (nSPS) is 13.3. The highest BCUT2D eigenvalue weighted by Crippen LogP contribution is 2.17. The number of hydrogen-bond acceptors (Lipinski definition) is 6. The van der Waals surface area contributed by atoms with Gasteiger partial charge in [-0.25, -0.2) is 19.4 Å². The highest BCUT2D eigenvalue weighted by atomic mass is 16.4. The monoisotopic (exact) mass is 361 g/mol. The van der Waals surface area contributed by atoms with Crippen LogP contribution in [-0.4, -0.2) is 54.0 Å². The van der Waals surface area contributed by atoms with E-state index in [4.69, 9.17) is 5.11 Å². The van der Waals surface area contributed by atoms with Gasteiger partial charge in [0.15, 0.2) is 5.60 Å². The number of aromatic nitrogens is 4. The average Bonchev–Trinajstić information content (AvgIpc) is 2.80. The van der Waals surface area contributed by atoms with Crippen LogP contribution in [0.25, 0.3) is 5.95 Å². The highest BCUT2D eigenvalue weighted by Gasteiger charge is 2.30. The second-order valence-electron chi connectivity index (χ2n) is 6.54. The smallest absolute Gasteiger partial charge is 0.337 e. The summed E-state index contributed by atoms with van der Waals surface area (Å²) >= 11 is 0. The van der Waals surface area contributed by atoms with Gasteiger partial charge in [-0.15, -0.1) is 0 Å². The molecule has 1 atom stereocenters. The summed E-state index contributed by atoms with van der Waals surface area (Å²) in [5.41, 5.74) is 1.71. The summed E-state index contributed by atoms with van der Waals surface area (Å²) in [6.07, 6.45) is 0.0121. The molecule has 0 bridgehead atoms. The van der Waals surface area contributed by atoms with Gasteiger partial charge in [0.25, 0.3) is 5.95 Å². The minimum atomic E-state index is -2.02. The van der Waals surface area contributed by atoms with Crippen LogP contribution in [0.1, 0.15) is 35.3 Å². The summed E-state index contributed by atoms with van der Waals surface area (Å²) in [7, 11) is 0. The lowest BCUT2D eigenvalue weighted by atomic mass is 10.1. The molecule has 2 heterocycles. The van der Waals surface area contributed by atoms with Crippen LogP contribution >= 0.6 is 0 Å². The van der Waals surface area contributed by atoms with Crippen molar-refractivity contribution >= 4 is 11.9 Å². The van der Waals surface area contributed by atoms with Gasteiger partial charge in [0.05, 0.1) is 18.7 Å². The fourth-order valence-electron chi connectivity index (χ4n) is 2.50. The molecule has 2 aromatic rings. The van der Waals surface area contributed by atoms with Gasteiger partial charge in [-0.2, -0.15) is 5.10 Å². The van der Waals surface area contributed by atoms with E-state index in [0.29, 0.717) is 17.2 Å². The van der Waals surface area contributed by atoms with E-state index in [1.165, 1.54) is 0 Å².